The number of halogens is 1. The number of rotatable bonds is 2. The lowest BCUT2D eigenvalue weighted by Gasteiger charge is -2.28. The number of hydrogen-bond acceptors (Lipinski definition) is 3. The maximum atomic E-state index is 11.6. The second kappa shape index (κ2) is 5.06. The summed E-state index contributed by atoms with van der Waals surface area (Å²) < 4.78 is 1.24. The largest absolute Gasteiger partial charge is 0.329 e. The van der Waals surface area contributed by atoms with Crippen molar-refractivity contribution in [3.63, 3.8) is 0 Å². The van der Waals surface area contributed by atoms with Gasteiger partial charge in [0, 0.05) is 12.6 Å². The Kier molecular flexibility index (Phi) is 3.69. The Balaban J connectivity index is 2.14. The first-order valence-electron chi connectivity index (χ1n) is 5.74. The summed E-state index contributed by atoms with van der Waals surface area (Å²) >= 11 is 5.61. The summed E-state index contributed by atoms with van der Waals surface area (Å²) in [6.45, 7) is 2.52. The topological polar surface area (TPSA) is 58.1 Å². The molecular formula is C11H16ClN3O2. The van der Waals surface area contributed by atoms with E-state index in [1.807, 2.05) is 0 Å². The monoisotopic (exact) mass is 257 g/mol. The number of aromatic nitrogens is 2. The fourth-order valence-electron chi connectivity index (χ4n) is 2.17. The van der Waals surface area contributed by atoms with Gasteiger partial charge in [-0.1, -0.05) is 11.6 Å². The zero-order chi connectivity index (χ0) is 12.4. The van der Waals surface area contributed by atoms with Gasteiger partial charge < -0.3 is 4.90 Å². The predicted octanol–water partition coefficient (Wildman–Crippen LogP) is 0.532. The molecule has 0 bridgehead atoms. The number of nitrogens with one attached hydrogen (secondary N) is 1. The Bertz CT molecular complexity index is 469. The molecule has 0 atom stereocenters. The molecule has 2 heterocycles. The molecule has 0 aliphatic carbocycles. The van der Waals surface area contributed by atoms with Crippen molar-refractivity contribution in [2.45, 2.75) is 19.4 Å². The van der Waals surface area contributed by atoms with Gasteiger partial charge in [-0.25, -0.2) is 4.79 Å². The van der Waals surface area contributed by atoms with Gasteiger partial charge >= 0.3 is 5.69 Å². The minimum Gasteiger partial charge on any atom is -0.306 e. The molecular weight excluding hydrogens is 242 g/mol. The molecule has 1 N–H and O–H groups in total. The van der Waals surface area contributed by atoms with Gasteiger partial charge in [0.15, 0.2) is 0 Å². The summed E-state index contributed by atoms with van der Waals surface area (Å²) in [5.41, 5.74) is -0.737. The Morgan fingerprint density at radius 2 is 2.06 bits per heavy atom. The molecule has 17 heavy (non-hydrogen) atoms. The number of nitrogens with zero attached hydrogens (tertiary/aromatic N) is 2. The highest BCUT2D eigenvalue weighted by Gasteiger charge is 2.18. The van der Waals surface area contributed by atoms with E-state index in [9.17, 15) is 9.59 Å². The average molecular weight is 258 g/mol. The van der Waals surface area contributed by atoms with Crippen molar-refractivity contribution in [1.82, 2.24) is 14.5 Å². The summed E-state index contributed by atoms with van der Waals surface area (Å²) in [6.07, 6.45) is 2.04. The molecule has 0 amide bonds. The molecule has 0 unspecified atom stereocenters. The number of likely N-dealkylation sites (tertiary alicyclic amines) is 1. The van der Waals surface area contributed by atoms with Crippen molar-refractivity contribution < 1.29 is 0 Å². The highest BCUT2D eigenvalue weighted by molar-refractivity contribution is 6.29. The van der Waals surface area contributed by atoms with Gasteiger partial charge in [0.05, 0.1) is 0 Å². The lowest BCUT2D eigenvalue weighted by Crippen LogP contribution is -2.39. The zero-order valence-electron chi connectivity index (χ0n) is 9.78. The van der Waals surface area contributed by atoms with E-state index in [1.54, 1.807) is 0 Å². The minimum absolute atomic E-state index is 0.0969. The number of aromatic amines is 1. The van der Waals surface area contributed by atoms with Crippen LogP contribution in [-0.2, 0) is 6.54 Å². The Labute approximate surface area is 104 Å². The van der Waals surface area contributed by atoms with Gasteiger partial charge in [0.1, 0.15) is 5.15 Å². The molecule has 0 aromatic carbocycles. The van der Waals surface area contributed by atoms with Crippen molar-refractivity contribution in [2.75, 3.05) is 20.1 Å². The normalized spacial score (nSPS) is 18.5. The van der Waals surface area contributed by atoms with Gasteiger partial charge in [-0.3, -0.25) is 14.3 Å². The summed E-state index contributed by atoms with van der Waals surface area (Å²) in [6, 6.07) is 1.25. The van der Waals surface area contributed by atoms with E-state index >= 15 is 0 Å². The first-order chi connectivity index (χ1) is 8.06. The molecule has 0 spiro atoms. The molecule has 1 saturated heterocycles. The van der Waals surface area contributed by atoms with Crippen LogP contribution < -0.4 is 11.2 Å². The zero-order valence-corrected chi connectivity index (χ0v) is 10.5. The third kappa shape index (κ3) is 2.98. The number of piperidine rings is 1. The molecule has 5 nitrogen and oxygen atoms in total. The van der Waals surface area contributed by atoms with Gasteiger partial charge in [0.2, 0.25) is 0 Å². The molecule has 2 rings (SSSR count). The van der Waals surface area contributed by atoms with Gasteiger partial charge in [0.25, 0.3) is 5.56 Å². The number of hydrogen-bond donors (Lipinski definition) is 1. The molecule has 6 heteroatoms. The smallest absolute Gasteiger partial charge is 0.306 e. The van der Waals surface area contributed by atoms with E-state index in [-0.39, 0.29) is 10.7 Å². The molecule has 0 saturated carbocycles. The highest BCUT2D eigenvalue weighted by Crippen LogP contribution is 2.16. The lowest BCUT2D eigenvalue weighted by atomic mass is 9.97. The van der Waals surface area contributed by atoms with Crippen LogP contribution in [0.4, 0.5) is 0 Å². The minimum atomic E-state index is -0.415. The first-order valence-corrected chi connectivity index (χ1v) is 6.12. The quantitative estimate of drug-likeness (QED) is 0.787. The van der Waals surface area contributed by atoms with Crippen LogP contribution in [0.25, 0.3) is 0 Å². The summed E-state index contributed by atoms with van der Waals surface area (Å²) in [5.74, 6) is 0.395. The van der Waals surface area contributed by atoms with Crippen LogP contribution in [0.2, 0.25) is 5.15 Å². The van der Waals surface area contributed by atoms with E-state index in [2.05, 4.69) is 16.9 Å². The van der Waals surface area contributed by atoms with Crippen LogP contribution in [0.3, 0.4) is 0 Å². The highest BCUT2D eigenvalue weighted by atomic mass is 35.5. The summed E-state index contributed by atoms with van der Waals surface area (Å²) in [4.78, 5) is 28.0. The molecule has 0 radical (unpaired) electrons. The summed E-state index contributed by atoms with van der Waals surface area (Å²) in [7, 11) is 2.08. The lowest BCUT2D eigenvalue weighted by molar-refractivity contribution is 0.202. The van der Waals surface area contributed by atoms with E-state index in [0.717, 1.165) is 25.9 Å². The molecule has 1 fully saturated rings. The fraction of sp³-hybridized carbons (Fsp3) is 0.636. The van der Waals surface area contributed by atoms with Gasteiger partial charge in [-0.05, 0) is 38.9 Å². The maximum Gasteiger partial charge on any atom is 0.329 e. The SMILES string of the molecule is CN1CCC(Cn2c(=O)cc(Cl)[nH]c2=O)CC1. The molecule has 94 valence electrons. The van der Waals surface area contributed by atoms with Crippen LogP contribution in [0.15, 0.2) is 15.7 Å². The van der Waals surface area contributed by atoms with E-state index in [0.29, 0.717) is 12.5 Å². The molecule has 1 aliphatic heterocycles. The van der Waals surface area contributed by atoms with Crippen molar-refractivity contribution in [3.8, 4) is 0 Å². The predicted molar refractivity (Wildman–Crippen MR) is 66.6 cm³/mol. The van der Waals surface area contributed by atoms with Crippen LogP contribution in [0, 0.1) is 5.92 Å². The molecule has 1 aromatic rings. The van der Waals surface area contributed by atoms with Crippen molar-refractivity contribution in [1.29, 1.82) is 0 Å². The van der Waals surface area contributed by atoms with Crippen molar-refractivity contribution >= 4 is 11.6 Å². The van der Waals surface area contributed by atoms with Gasteiger partial charge in [-0.2, -0.15) is 0 Å². The van der Waals surface area contributed by atoms with Crippen LogP contribution in [0.5, 0.6) is 0 Å². The molecule has 1 aliphatic rings. The molecule has 1 aromatic heterocycles. The first kappa shape index (κ1) is 12.4. The number of H-pyrrole nitrogens is 1. The Morgan fingerprint density at radius 1 is 1.41 bits per heavy atom. The van der Waals surface area contributed by atoms with E-state index < -0.39 is 5.69 Å². The van der Waals surface area contributed by atoms with E-state index in [4.69, 9.17) is 11.6 Å². The van der Waals surface area contributed by atoms with Crippen molar-refractivity contribution in [3.05, 3.63) is 32.1 Å². The standard InChI is InChI=1S/C11H16ClN3O2/c1-14-4-2-8(3-5-14)7-15-10(16)6-9(12)13-11(15)17/h6,8H,2-5,7H2,1H3,(H,13,17). The third-order valence-electron chi connectivity index (χ3n) is 3.27. The Morgan fingerprint density at radius 3 is 2.65 bits per heavy atom. The maximum absolute atomic E-state index is 11.6. The average Bonchev–Trinajstić information content (AvgIpc) is 2.26. The fourth-order valence-corrected chi connectivity index (χ4v) is 2.34. The Hall–Kier alpha value is -1.07. The van der Waals surface area contributed by atoms with Crippen LogP contribution in [0.1, 0.15) is 12.8 Å². The van der Waals surface area contributed by atoms with Crippen LogP contribution >= 0.6 is 11.6 Å². The summed E-state index contributed by atoms with van der Waals surface area (Å²) in [5, 5.41) is 0.0969. The van der Waals surface area contributed by atoms with E-state index in [1.165, 1.54) is 10.6 Å². The van der Waals surface area contributed by atoms with Crippen LogP contribution in [-0.4, -0.2) is 34.6 Å². The second-order valence-corrected chi connectivity index (χ2v) is 5.03. The van der Waals surface area contributed by atoms with Crippen molar-refractivity contribution in [2.24, 2.45) is 5.92 Å². The second-order valence-electron chi connectivity index (χ2n) is 4.62. The third-order valence-corrected chi connectivity index (χ3v) is 3.47. The van der Waals surface area contributed by atoms with Gasteiger partial charge in [-0.15, -0.1) is 0 Å².